The third-order valence-electron chi connectivity index (χ3n) is 3.95. The minimum absolute atomic E-state index is 1.05. The number of rotatable bonds is 8. The van der Waals surface area contributed by atoms with Crippen molar-refractivity contribution in [2.75, 3.05) is 32.7 Å². The molecule has 2 aromatic carbocycles. The van der Waals surface area contributed by atoms with Gasteiger partial charge in [0.15, 0.2) is 0 Å². The van der Waals surface area contributed by atoms with Crippen LogP contribution >= 0.6 is 0 Å². The molecule has 0 heterocycles. The molecule has 2 nitrogen and oxygen atoms in total. The molecular formula is C18H26N2. The fourth-order valence-corrected chi connectivity index (χ4v) is 2.64. The third kappa shape index (κ3) is 4.06. The van der Waals surface area contributed by atoms with Crippen molar-refractivity contribution in [2.45, 2.75) is 20.3 Å². The summed E-state index contributed by atoms with van der Waals surface area (Å²) in [6.45, 7) is 9.99. The molecular weight excluding hydrogens is 244 g/mol. The summed E-state index contributed by atoms with van der Waals surface area (Å²) in [5.41, 5.74) is 1.44. The highest BCUT2D eigenvalue weighted by Crippen LogP contribution is 2.18. The van der Waals surface area contributed by atoms with Crippen LogP contribution in [-0.4, -0.2) is 37.6 Å². The molecule has 0 amide bonds. The summed E-state index contributed by atoms with van der Waals surface area (Å²) in [5, 5.41) is 6.29. The smallest absolute Gasteiger partial charge is 0.0107 e. The summed E-state index contributed by atoms with van der Waals surface area (Å²) in [4.78, 5) is 2.45. The second-order valence-electron chi connectivity index (χ2n) is 5.17. The Kier molecular flexibility index (Phi) is 6.03. The van der Waals surface area contributed by atoms with E-state index >= 15 is 0 Å². The lowest BCUT2D eigenvalue weighted by atomic mass is 10.0. The largest absolute Gasteiger partial charge is 0.315 e. The first-order valence-electron chi connectivity index (χ1n) is 7.74. The minimum atomic E-state index is 1.05. The van der Waals surface area contributed by atoms with Crippen LogP contribution < -0.4 is 5.32 Å². The van der Waals surface area contributed by atoms with Crippen LogP contribution in [0, 0.1) is 0 Å². The van der Waals surface area contributed by atoms with Gasteiger partial charge in [0.2, 0.25) is 0 Å². The Bertz CT molecular complexity index is 512. The zero-order chi connectivity index (χ0) is 14.2. The molecule has 2 heteroatoms. The van der Waals surface area contributed by atoms with E-state index in [0.29, 0.717) is 0 Å². The monoisotopic (exact) mass is 270 g/mol. The summed E-state index contributed by atoms with van der Waals surface area (Å²) < 4.78 is 0. The van der Waals surface area contributed by atoms with Gasteiger partial charge in [0.1, 0.15) is 0 Å². The molecule has 0 fully saturated rings. The number of nitrogens with one attached hydrogen (secondary N) is 1. The number of likely N-dealkylation sites (N-methyl/N-ethyl adjacent to an activating group) is 1. The van der Waals surface area contributed by atoms with Crippen LogP contribution in [0.15, 0.2) is 42.5 Å². The van der Waals surface area contributed by atoms with Gasteiger partial charge >= 0.3 is 0 Å². The maximum atomic E-state index is 3.56. The Balaban J connectivity index is 1.81. The van der Waals surface area contributed by atoms with Crippen molar-refractivity contribution < 1.29 is 0 Å². The summed E-state index contributed by atoms with van der Waals surface area (Å²) in [5.74, 6) is 0. The topological polar surface area (TPSA) is 15.3 Å². The van der Waals surface area contributed by atoms with E-state index in [4.69, 9.17) is 0 Å². The molecule has 0 bridgehead atoms. The van der Waals surface area contributed by atoms with Gasteiger partial charge in [-0.25, -0.2) is 0 Å². The second kappa shape index (κ2) is 8.03. The average molecular weight is 270 g/mol. The van der Waals surface area contributed by atoms with Crippen molar-refractivity contribution in [3.8, 4) is 0 Å². The van der Waals surface area contributed by atoms with E-state index in [9.17, 15) is 0 Å². The molecule has 2 rings (SSSR count). The first kappa shape index (κ1) is 15.0. The molecule has 0 saturated heterocycles. The van der Waals surface area contributed by atoms with E-state index in [1.807, 2.05) is 0 Å². The van der Waals surface area contributed by atoms with Gasteiger partial charge in [0, 0.05) is 13.1 Å². The van der Waals surface area contributed by atoms with E-state index in [1.54, 1.807) is 0 Å². The van der Waals surface area contributed by atoms with Gasteiger partial charge in [0.25, 0.3) is 0 Å². The predicted octanol–water partition coefficient (Wildman–Crippen LogP) is 3.31. The van der Waals surface area contributed by atoms with Gasteiger partial charge in [-0.3, -0.25) is 0 Å². The van der Waals surface area contributed by atoms with Crippen LogP contribution in [0.25, 0.3) is 10.8 Å². The molecule has 0 radical (unpaired) electrons. The Labute approximate surface area is 122 Å². The van der Waals surface area contributed by atoms with Crippen LogP contribution in [0.4, 0.5) is 0 Å². The molecule has 0 saturated carbocycles. The van der Waals surface area contributed by atoms with Crippen LogP contribution in [0.2, 0.25) is 0 Å². The highest BCUT2D eigenvalue weighted by Gasteiger charge is 2.01. The van der Waals surface area contributed by atoms with E-state index in [2.05, 4.69) is 66.5 Å². The molecule has 0 spiro atoms. The average Bonchev–Trinajstić information content (AvgIpc) is 2.51. The van der Waals surface area contributed by atoms with Crippen molar-refractivity contribution in [3.05, 3.63) is 48.0 Å². The van der Waals surface area contributed by atoms with Crippen molar-refractivity contribution in [1.29, 1.82) is 0 Å². The Morgan fingerprint density at radius 2 is 1.65 bits per heavy atom. The van der Waals surface area contributed by atoms with Crippen LogP contribution in [0.5, 0.6) is 0 Å². The number of hydrogen-bond acceptors (Lipinski definition) is 2. The highest BCUT2D eigenvalue weighted by molar-refractivity contribution is 5.85. The van der Waals surface area contributed by atoms with Gasteiger partial charge in [-0.2, -0.15) is 0 Å². The van der Waals surface area contributed by atoms with E-state index in [-0.39, 0.29) is 0 Å². The molecule has 0 aliphatic carbocycles. The molecule has 0 aliphatic rings. The third-order valence-corrected chi connectivity index (χ3v) is 3.95. The van der Waals surface area contributed by atoms with Crippen molar-refractivity contribution in [2.24, 2.45) is 0 Å². The molecule has 1 N–H and O–H groups in total. The van der Waals surface area contributed by atoms with Crippen molar-refractivity contribution in [3.63, 3.8) is 0 Å². The maximum absolute atomic E-state index is 3.56. The van der Waals surface area contributed by atoms with Gasteiger partial charge in [0.05, 0.1) is 0 Å². The summed E-state index contributed by atoms with van der Waals surface area (Å²) in [7, 11) is 0. The second-order valence-corrected chi connectivity index (χ2v) is 5.17. The van der Waals surface area contributed by atoms with E-state index in [0.717, 1.165) is 39.1 Å². The molecule has 0 aliphatic heterocycles. The fourth-order valence-electron chi connectivity index (χ4n) is 2.64. The molecule has 0 atom stereocenters. The molecule has 108 valence electrons. The van der Waals surface area contributed by atoms with Crippen LogP contribution in [0.1, 0.15) is 19.4 Å². The number of hydrogen-bond donors (Lipinski definition) is 1. The first-order chi connectivity index (χ1) is 9.85. The lowest BCUT2D eigenvalue weighted by Gasteiger charge is -2.18. The molecule has 2 aromatic rings. The maximum Gasteiger partial charge on any atom is 0.0107 e. The molecule has 0 unspecified atom stereocenters. The normalized spacial score (nSPS) is 11.3. The van der Waals surface area contributed by atoms with E-state index < -0.39 is 0 Å². The Hall–Kier alpha value is -1.38. The zero-order valence-corrected chi connectivity index (χ0v) is 12.7. The lowest BCUT2D eigenvalue weighted by molar-refractivity contribution is 0.303. The Morgan fingerprint density at radius 1 is 0.900 bits per heavy atom. The number of fused-ring (bicyclic) bond motifs is 1. The molecule has 20 heavy (non-hydrogen) atoms. The van der Waals surface area contributed by atoms with Gasteiger partial charge in [-0.1, -0.05) is 56.3 Å². The van der Waals surface area contributed by atoms with Gasteiger partial charge in [-0.15, -0.1) is 0 Å². The van der Waals surface area contributed by atoms with Crippen molar-refractivity contribution >= 4 is 10.8 Å². The predicted molar refractivity (Wildman–Crippen MR) is 88.3 cm³/mol. The zero-order valence-electron chi connectivity index (χ0n) is 12.7. The summed E-state index contributed by atoms with van der Waals surface area (Å²) in [6, 6.07) is 15.2. The standard InChI is InChI=1S/C18H26N2/c1-3-20(4-2)15-14-19-13-12-17-10-7-9-16-8-5-6-11-18(16)17/h5-11,19H,3-4,12-15H2,1-2H3. The van der Waals surface area contributed by atoms with Crippen molar-refractivity contribution in [1.82, 2.24) is 10.2 Å². The fraction of sp³-hybridized carbons (Fsp3) is 0.444. The number of benzene rings is 2. The number of nitrogens with zero attached hydrogens (tertiary/aromatic N) is 1. The SMILES string of the molecule is CCN(CC)CCNCCc1cccc2ccccc12. The summed E-state index contributed by atoms with van der Waals surface area (Å²) >= 11 is 0. The van der Waals surface area contributed by atoms with Crippen LogP contribution in [-0.2, 0) is 6.42 Å². The lowest BCUT2D eigenvalue weighted by Crippen LogP contribution is -2.32. The van der Waals surface area contributed by atoms with Crippen LogP contribution in [0.3, 0.4) is 0 Å². The van der Waals surface area contributed by atoms with Gasteiger partial charge in [-0.05, 0) is 42.4 Å². The Morgan fingerprint density at radius 3 is 2.45 bits per heavy atom. The first-order valence-corrected chi connectivity index (χ1v) is 7.74. The quantitative estimate of drug-likeness (QED) is 0.740. The van der Waals surface area contributed by atoms with Gasteiger partial charge < -0.3 is 10.2 Å². The summed E-state index contributed by atoms with van der Waals surface area (Å²) in [6.07, 6.45) is 1.10. The minimum Gasteiger partial charge on any atom is -0.315 e. The molecule has 0 aromatic heterocycles. The van der Waals surface area contributed by atoms with E-state index in [1.165, 1.54) is 16.3 Å². The highest BCUT2D eigenvalue weighted by atomic mass is 15.1.